The van der Waals surface area contributed by atoms with Gasteiger partial charge in [-0.15, -0.1) is 0 Å². The summed E-state index contributed by atoms with van der Waals surface area (Å²) >= 11 is 0. The molecule has 6 heteroatoms. The van der Waals surface area contributed by atoms with Gasteiger partial charge >= 0.3 is 0 Å². The molecular weight excluding hydrogens is 198 g/mol. The maximum absolute atomic E-state index is 5.14. The highest BCUT2D eigenvalue weighted by Crippen LogP contribution is 1.86. The Morgan fingerprint density at radius 1 is 0.583 bits per heavy atom. The van der Waals surface area contributed by atoms with Gasteiger partial charge in [-0.05, 0) is 0 Å². The molecule has 0 radical (unpaired) electrons. The number of hydrogen-bond acceptors (Lipinski definition) is 4. The summed E-state index contributed by atoms with van der Waals surface area (Å²) < 4.78 is 19.7. The summed E-state index contributed by atoms with van der Waals surface area (Å²) in [6.45, 7) is 3.61. The van der Waals surface area contributed by atoms with Gasteiger partial charge in [0, 0.05) is 18.9 Å². The molecule has 0 aromatic heterocycles. The van der Waals surface area contributed by atoms with Crippen molar-refractivity contribution in [2.75, 3.05) is 39.6 Å². The van der Waals surface area contributed by atoms with Crippen LogP contribution in [0.5, 0.6) is 0 Å². The highest BCUT2D eigenvalue weighted by atomic mass is 31.0. The van der Waals surface area contributed by atoms with Gasteiger partial charge in [-0.2, -0.15) is 0 Å². The van der Waals surface area contributed by atoms with Crippen molar-refractivity contribution in [2.45, 2.75) is 0 Å². The number of rotatable bonds is 9. The van der Waals surface area contributed by atoms with Crippen LogP contribution in [0.1, 0.15) is 0 Å². The Kier molecular flexibility index (Phi) is 12.4. The highest BCUT2D eigenvalue weighted by molar-refractivity contribution is 7.10. The Bertz CT molecular complexity index is 73.9. The second-order valence-corrected chi connectivity index (χ2v) is 2.63. The molecule has 0 amide bonds. The molecule has 0 saturated heterocycles. The first-order chi connectivity index (χ1) is 5.91. The van der Waals surface area contributed by atoms with Crippen molar-refractivity contribution in [3.05, 3.63) is 0 Å². The molecule has 2 unspecified atom stereocenters. The minimum Gasteiger partial charge on any atom is -0.377 e. The molecule has 0 aromatic carbocycles. The van der Waals surface area contributed by atoms with E-state index in [1.807, 2.05) is 0 Å². The van der Waals surface area contributed by atoms with Crippen molar-refractivity contribution in [3.8, 4) is 0 Å². The molecule has 0 spiro atoms. The van der Waals surface area contributed by atoms with Crippen LogP contribution in [0.25, 0.3) is 0 Å². The van der Waals surface area contributed by atoms with Crippen molar-refractivity contribution < 1.29 is 18.5 Å². The Hall–Kier alpha value is 0.700. The molecule has 0 aliphatic heterocycles. The molecule has 0 aliphatic carbocycles. The number of hydrogen-bond donors (Lipinski definition) is 0. The highest BCUT2D eigenvalue weighted by Gasteiger charge is 1.88. The fraction of sp³-hybridized carbons (Fsp3) is 1.00. The van der Waals surface area contributed by atoms with Crippen LogP contribution in [0.4, 0.5) is 0 Å². The van der Waals surface area contributed by atoms with Crippen molar-refractivity contribution in [1.82, 2.24) is 0 Å². The molecule has 74 valence electrons. The van der Waals surface area contributed by atoms with Crippen LogP contribution in [0.2, 0.25) is 0 Å². The van der Waals surface area contributed by atoms with E-state index in [4.69, 9.17) is 18.5 Å². The average molecular weight is 214 g/mol. The predicted molar refractivity (Wildman–Crippen MR) is 53.0 cm³/mol. The molecule has 0 rings (SSSR count). The van der Waals surface area contributed by atoms with Gasteiger partial charge < -0.3 is 18.5 Å². The third-order valence-electron chi connectivity index (χ3n) is 1.06. The molecule has 0 aliphatic rings. The maximum atomic E-state index is 5.14. The standard InChI is InChI=1S/C6H16O4P2/c11-9-5-3-7-1-2-8-4-6-10-12/h1-6,11-12H2. The Balaban J connectivity index is 2.73. The monoisotopic (exact) mass is 214 g/mol. The van der Waals surface area contributed by atoms with Gasteiger partial charge in [0.05, 0.1) is 39.6 Å². The largest absolute Gasteiger partial charge is 0.377 e. The Labute approximate surface area is 77.9 Å². The minimum atomic E-state index is 0.597. The zero-order chi connectivity index (χ0) is 9.07. The van der Waals surface area contributed by atoms with E-state index >= 15 is 0 Å². The number of ether oxygens (including phenoxy) is 2. The maximum Gasteiger partial charge on any atom is 0.0736 e. The van der Waals surface area contributed by atoms with Gasteiger partial charge in [0.1, 0.15) is 0 Å². The van der Waals surface area contributed by atoms with Crippen LogP contribution in [0.15, 0.2) is 0 Å². The summed E-state index contributed by atoms with van der Waals surface area (Å²) in [5.74, 6) is 0. The quantitative estimate of drug-likeness (QED) is 0.416. The first-order valence-electron chi connectivity index (χ1n) is 3.70. The summed E-state index contributed by atoms with van der Waals surface area (Å²) in [4.78, 5) is 0. The molecule has 2 atom stereocenters. The SMILES string of the molecule is POCCOCCOCCOP. The summed E-state index contributed by atoms with van der Waals surface area (Å²) in [5.41, 5.74) is 0. The summed E-state index contributed by atoms with van der Waals surface area (Å²) in [6.07, 6.45) is 0. The summed E-state index contributed by atoms with van der Waals surface area (Å²) in [6, 6.07) is 0. The third-order valence-corrected chi connectivity index (χ3v) is 1.53. The van der Waals surface area contributed by atoms with Crippen LogP contribution in [-0.2, 0) is 18.5 Å². The molecule has 0 aromatic rings. The van der Waals surface area contributed by atoms with E-state index in [9.17, 15) is 0 Å². The van der Waals surface area contributed by atoms with Crippen LogP contribution >= 0.6 is 18.9 Å². The van der Waals surface area contributed by atoms with Gasteiger partial charge in [-0.1, -0.05) is 0 Å². The minimum absolute atomic E-state index is 0.597. The first kappa shape index (κ1) is 12.7. The van der Waals surface area contributed by atoms with E-state index < -0.39 is 0 Å². The molecule has 0 heterocycles. The lowest BCUT2D eigenvalue weighted by molar-refractivity contribution is 0.0307. The lowest BCUT2D eigenvalue weighted by Crippen LogP contribution is -2.09. The van der Waals surface area contributed by atoms with Crippen LogP contribution in [-0.4, -0.2) is 39.6 Å². The fourth-order valence-electron chi connectivity index (χ4n) is 0.536. The van der Waals surface area contributed by atoms with Crippen LogP contribution < -0.4 is 0 Å². The van der Waals surface area contributed by atoms with Crippen molar-refractivity contribution >= 4 is 18.9 Å². The zero-order valence-corrected chi connectivity index (χ0v) is 9.34. The van der Waals surface area contributed by atoms with Gasteiger partial charge in [-0.3, -0.25) is 0 Å². The van der Waals surface area contributed by atoms with E-state index in [0.29, 0.717) is 39.6 Å². The van der Waals surface area contributed by atoms with E-state index in [-0.39, 0.29) is 0 Å². The predicted octanol–water partition coefficient (Wildman–Crippen LogP) is 0.633. The second-order valence-electron chi connectivity index (χ2n) is 1.97. The Morgan fingerprint density at radius 3 is 1.25 bits per heavy atom. The summed E-state index contributed by atoms with van der Waals surface area (Å²) in [5, 5.41) is 0. The summed E-state index contributed by atoms with van der Waals surface area (Å²) in [7, 11) is 4.34. The van der Waals surface area contributed by atoms with Crippen molar-refractivity contribution in [2.24, 2.45) is 0 Å². The first-order valence-corrected chi connectivity index (χ1v) is 4.65. The van der Waals surface area contributed by atoms with Gasteiger partial charge in [0.15, 0.2) is 0 Å². The molecule has 4 nitrogen and oxygen atoms in total. The smallest absolute Gasteiger partial charge is 0.0736 e. The molecule has 0 fully saturated rings. The van der Waals surface area contributed by atoms with Gasteiger partial charge in [-0.25, -0.2) is 0 Å². The van der Waals surface area contributed by atoms with Crippen molar-refractivity contribution in [1.29, 1.82) is 0 Å². The van der Waals surface area contributed by atoms with E-state index in [0.717, 1.165) is 0 Å². The second kappa shape index (κ2) is 11.7. The lowest BCUT2D eigenvalue weighted by atomic mass is 10.7. The fourth-order valence-corrected chi connectivity index (χ4v) is 0.729. The van der Waals surface area contributed by atoms with Gasteiger partial charge in [0.2, 0.25) is 0 Å². The molecular formula is C6H16O4P2. The van der Waals surface area contributed by atoms with E-state index in [1.165, 1.54) is 0 Å². The zero-order valence-electron chi connectivity index (χ0n) is 7.03. The Morgan fingerprint density at radius 2 is 0.917 bits per heavy atom. The molecule has 0 N–H and O–H groups in total. The van der Waals surface area contributed by atoms with Gasteiger partial charge in [0.25, 0.3) is 0 Å². The third kappa shape index (κ3) is 10.7. The lowest BCUT2D eigenvalue weighted by Gasteiger charge is -2.04. The molecule has 0 saturated carbocycles. The normalized spacial score (nSPS) is 10.5. The van der Waals surface area contributed by atoms with Crippen LogP contribution in [0.3, 0.4) is 0 Å². The average Bonchev–Trinajstić information content (AvgIpc) is 2.10. The van der Waals surface area contributed by atoms with Crippen molar-refractivity contribution in [3.63, 3.8) is 0 Å². The topological polar surface area (TPSA) is 36.9 Å². The molecule has 12 heavy (non-hydrogen) atoms. The molecule has 0 bridgehead atoms. The van der Waals surface area contributed by atoms with E-state index in [1.54, 1.807) is 0 Å². The van der Waals surface area contributed by atoms with E-state index in [2.05, 4.69) is 18.9 Å². The van der Waals surface area contributed by atoms with Crippen LogP contribution in [0, 0.1) is 0 Å².